The van der Waals surface area contributed by atoms with Crippen LogP contribution in [0.3, 0.4) is 0 Å². The van der Waals surface area contributed by atoms with Crippen LogP contribution in [0.4, 0.5) is 4.79 Å². The van der Waals surface area contributed by atoms with Gasteiger partial charge in [-0.2, -0.15) is 5.10 Å². The third-order valence-corrected chi connectivity index (χ3v) is 3.30. The zero-order chi connectivity index (χ0) is 14.7. The van der Waals surface area contributed by atoms with E-state index in [9.17, 15) is 4.79 Å². The molecule has 2 aromatic rings. The Hall–Kier alpha value is -1.69. The van der Waals surface area contributed by atoms with Gasteiger partial charge in [-0.25, -0.2) is 10.2 Å². The molecule has 0 aliphatic rings. The van der Waals surface area contributed by atoms with Crippen LogP contribution < -0.4 is 11.2 Å². The molecule has 0 atom stereocenters. The van der Waals surface area contributed by atoms with Crippen molar-refractivity contribution in [1.29, 1.82) is 0 Å². The maximum absolute atomic E-state index is 10.5. The first-order valence-electron chi connectivity index (χ1n) is 5.30. The average Bonchev–Trinajstić information content (AvgIpc) is 2.82. The molecule has 20 heavy (non-hydrogen) atoms. The lowest BCUT2D eigenvalue weighted by atomic mass is 10.2. The van der Waals surface area contributed by atoms with Gasteiger partial charge in [0.1, 0.15) is 11.5 Å². The zero-order valence-electron chi connectivity index (χ0n) is 9.86. The number of carbonyl (C=O) groups is 1. The molecule has 104 valence electrons. The molecule has 1 aromatic carbocycles. The van der Waals surface area contributed by atoms with Gasteiger partial charge < -0.3 is 10.2 Å². The number of amides is 2. The second kappa shape index (κ2) is 6.17. The van der Waals surface area contributed by atoms with E-state index in [1.165, 1.54) is 12.3 Å². The first-order chi connectivity index (χ1) is 9.47. The van der Waals surface area contributed by atoms with Crippen LogP contribution >= 0.6 is 34.8 Å². The Morgan fingerprint density at radius 3 is 2.60 bits per heavy atom. The summed E-state index contributed by atoms with van der Waals surface area (Å²) in [6, 6.07) is 5.72. The number of hydrogen-bond donors (Lipinski definition) is 2. The lowest BCUT2D eigenvalue weighted by molar-refractivity contribution is 0.249. The fourth-order valence-corrected chi connectivity index (χ4v) is 2.08. The molecule has 3 N–H and O–H groups in total. The number of nitrogens with zero attached hydrogens (tertiary/aromatic N) is 1. The number of hydrogen-bond acceptors (Lipinski definition) is 3. The van der Waals surface area contributed by atoms with Gasteiger partial charge in [-0.05, 0) is 24.3 Å². The summed E-state index contributed by atoms with van der Waals surface area (Å²) in [4.78, 5) is 10.5. The van der Waals surface area contributed by atoms with Gasteiger partial charge in [0, 0.05) is 5.56 Å². The van der Waals surface area contributed by atoms with Gasteiger partial charge in [0.15, 0.2) is 0 Å². The molecule has 0 radical (unpaired) electrons. The Bertz CT molecular complexity index is 683. The van der Waals surface area contributed by atoms with Crippen molar-refractivity contribution in [1.82, 2.24) is 5.43 Å². The molecule has 2 rings (SSSR count). The first-order valence-corrected chi connectivity index (χ1v) is 6.44. The molecule has 5 nitrogen and oxygen atoms in total. The minimum atomic E-state index is -0.763. The van der Waals surface area contributed by atoms with Crippen LogP contribution in [0.15, 0.2) is 33.8 Å². The Morgan fingerprint density at radius 1 is 1.20 bits per heavy atom. The van der Waals surface area contributed by atoms with Crippen molar-refractivity contribution in [2.75, 3.05) is 0 Å². The summed E-state index contributed by atoms with van der Waals surface area (Å²) < 4.78 is 5.50. The normalized spacial score (nSPS) is 10.9. The number of furan rings is 1. The zero-order valence-corrected chi connectivity index (χ0v) is 12.1. The number of hydrazone groups is 1. The molecule has 0 unspecified atom stereocenters. The van der Waals surface area contributed by atoms with E-state index >= 15 is 0 Å². The molecular formula is C12H8Cl3N3O2. The number of rotatable bonds is 3. The summed E-state index contributed by atoms with van der Waals surface area (Å²) in [5.41, 5.74) is 7.52. The summed E-state index contributed by atoms with van der Waals surface area (Å²) in [7, 11) is 0. The van der Waals surface area contributed by atoms with Crippen LogP contribution in [0.2, 0.25) is 15.1 Å². The van der Waals surface area contributed by atoms with Crippen molar-refractivity contribution >= 4 is 47.0 Å². The van der Waals surface area contributed by atoms with Crippen molar-refractivity contribution in [3.8, 4) is 11.3 Å². The SMILES string of the molecule is NC(=O)N/N=C\c1ccc(-c2cc(Cl)c(Cl)cc2Cl)o1. The van der Waals surface area contributed by atoms with E-state index in [2.05, 4.69) is 10.5 Å². The van der Waals surface area contributed by atoms with Crippen molar-refractivity contribution in [3.05, 3.63) is 45.1 Å². The minimum Gasteiger partial charge on any atom is -0.455 e. The lowest BCUT2D eigenvalue weighted by Crippen LogP contribution is -2.24. The maximum atomic E-state index is 10.5. The monoisotopic (exact) mass is 331 g/mol. The molecule has 0 saturated carbocycles. The molecule has 0 saturated heterocycles. The largest absolute Gasteiger partial charge is 0.455 e. The standard InChI is InChI=1S/C12H8Cl3N3O2/c13-8-4-10(15)9(14)3-7(8)11-2-1-6(20-11)5-17-18-12(16)19/h1-5H,(H3,16,18,19)/b17-5-. The van der Waals surface area contributed by atoms with Crippen molar-refractivity contribution in [3.63, 3.8) is 0 Å². The number of benzene rings is 1. The lowest BCUT2D eigenvalue weighted by Gasteiger charge is -2.03. The highest BCUT2D eigenvalue weighted by atomic mass is 35.5. The Morgan fingerprint density at radius 2 is 1.90 bits per heavy atom. The third-order valence-electron chi connectivity index (χ3n) is 2.27. The minimum absolute atomic E-state index is 0.361. The Balaban J connectivity index is 2.27. The highest BCUT2D eigenvalue weighted by molar-refractivity contribution is 6.44. The van der Waals surface area contributed by atoms with Crippen LogP contribution in [-0.2, 0) is 0 Å². The van der Waals surface area contributed by atoms with Gasteiger partial charge >= 0.3 is 6.03 Å². The molecule has 1 heterocycles. The van der Waals surface area contributed by atoms with E-state index in [-0.39, 0.29) is 0 Å². The molecule has 0 aliphatic carbocycles. The van der Waals surface area contributed by atoms with Crippen LogP contribution in [0.25, 0.3) is 11.3 Å². The molecule has 0 bridgehead atoms. The second-order valence-corrected chi connectivity index (χ2v) is 4.90. The number of nitrogens with two attached hydrogens (primary N) is 1. The number of primary amides is 1. The number of nitrogens with one attached hydrogen (secondary N) is 1. The van der Waals surface area contributed by atoms with Gasteiger partial charge in [0.05, 0.1) is 21.3 Å². The predicted molar refractivity (Wildman–Crippen MR) is 79.5 cm³/mol. The fraction of sp³-hybridized carbons (Fsp3) is 0. The van der Waals surface area contributed by atoms with Gasteiger partial charge in [-0.15, -0.1) is 0 Å². The summed E-state index contributed by atoms with van der Waals surface area (Å²) in [5.74, 6) is 0.907. The molecule has 2 amide bonds. The summed E-state index contributed by atoms with van der Waals surface area (Å²) in [5, 5.41) is 4.72. The summed E-state index contributed by atoms with van der Waals surface area (Å²) in [6.07, 6.45) is 1.31. The Labute approximate surface area is 129 Å². The van der Waals surface area contributed by atoms with Gasteiger partial charge in [-0.1, -0.05) is 34.8 Å². The first kappa shape index (κ1) is 14.7. The second-order valence-electron chi connectivity index (χ2n) is 3.68. The topological polar surface area (TPSA) is 80.6 Å². The smallest absolute Gasteiger partial charge is 0.332 e. The van der Waals surface area contributed by atoms with E-state index in [1.807, 2.05) is 0 Å². The molecular weight excluding hydrogens is 325 g/mol. The van der Waals surface area contributed by atoms with E-state index in [1.54, 1.807) is 18.2 Å². The van der Waals surface area contributed by atoms with Crippen molar-refractivity contribution in [2.24, 2.45) is 10.8 Å². The molecule has 0 fully saturated rings. The third kappa shape index (κ3) is 3.45. The van der Waals surface area contributed by atoms with Crippen LogP contribution in [0, 0.1) is 0 Å². The molecule has 1 aromatic heterocycles. The molecule has 8 heteroatoms. The number of urea groups is 1. The Kier molecular flexibility index (Phi) is 4.54. The number of halogens is 3. The highest BCUT2D eigenvalue weighted by Gasteiger charge is 2.11. The fourth-order valence-electron chi connectivity index (χ4n) is 1.44. The van der Waals surface area contributed by atoms with Crippen LogP contribution in [-0.4, -0.2) is 12.2 Å². The molecule has 0 aliphatic heterocycles. The van der Waals surface area contributed by atoms with Gasteiger partial charge in [0.25, 0.3) is 0 Å². The van der Waals surface area contributed by atoms with Crippen LogP contribution in [0.5, 0.6) is 0 Å². The summed E-state index contributed by atoms with van der Waals surface area (Å²) in [6.45, 7) is 0. The number of carbonyl (C=O) groups excluding carboxylic acids is 1. The van der Waals surface area contributed by atoms with Crippen molar-refractivity contribution < 1.29 is 9.21 Å². The molecule has 0 spiro atoms. The van der Waals surface area contributed by atoms with Crippen molar-refractivity contribution in [2.45, 2.75) is 0 Å². The quantitative estimate of drug-likeness (QED) is 0.507. The maximum Gasteiger partial charge on any atom is 0.332 e. The van der Waals surface area contributed by atoms with E-state index in [4.69, 9.17) is 45.0 Å². The highest BCUT2D eigenvalue weighted by Crippen LogP contribution is 2.35. The van der Waals surface area contributed by atoms with E-state index in [0.717, 1.165) is 0 Å². The van der Waals surface area contributed by atoms with Gasteiger partial charge in [-0.3, -0.25) is 0 Å². The van der Waals surface area contributed by atoms with E-state index in [0.29, 0.717) is 32.2 Å². The predicted octanol–water partition coefficient (Wildman–Crippen LogP) is 3.91. The summed E-state index contributed by atoms with van der Waals surface area (Å²) >= 11 is 17.9. The average molecular weight is 333 g/mol. The van der Waals surface area contributed by atoms with Crippen LogP contribution in [0.1, 0.15) is 5.76 Å². The van der Waals surface area contributed by atoms with E-state index < -0.39 is 6.03 Å². The van der Waals surface area contributed by atoms with Gasteiger partial charge in [0.2, 0.25) is 0 Å².